The van der Waals surface area contributed by atoms with Gasteiger partial charge in [-0.25, -0.2) is 0 Å². The minimum atomic E-state index is -0.253. The van der Waals surface area contributed by atoms with E-state index < -0.39 is 0 Å². The second-order valence-corrected chi connectivity index (χ2v) is 4.70. The van der Waals surface area contributed by atoms with Crippen molar-refractivity contribution in [2.75, 3.05) is 23.8 Å². The molecule has 1 atom stereocenters. The first-order chi connectivity index (χ1) is 9.11. The number of rotatable bonds is 4. The summed E-state index contributed by atoms with van der Waals surface area (Å²) in [5.74, 6) is 0.0551. The molecule has 0 spiro atoms. The molecule has 2 N–H and O–H groups in total. The molecule has 1 aromatic carbocycles. The molecule has 1 aliphatic heterocycles. The molecule has 1 unspecified atom stereocenters. The number of carbonyl (C=O) groups is 2. The molecule has 1 aromatic rings. The third-order valence-corrected chi connectivity index (χ3v) is 3.33. The molecule has 1 aliphatic rings. The lowest BCUT2D eigenvalue weighted by atomic mass is 10.2. The van der Waals surface area contributed by atoms with E-state index in [9.17, 15) is 9.59 Å². The normalized spacial score (nSPS) is 16.5. The maximum Gasteiger partial charge on any atom is 0.241 e. The van der Waals surface area contributed by atoms with Crippen LogP contribution in [-0.2, 0) is 9.59 Å². The summed E-state index contributed by atoms with van der Waals surface area (Å²) >= 11 is 0. The fourth-order valence-corrected chi connectivity index (χ4v) is 2.05. The third-order valence-electron chi connectivity index (χ3n) is 3.33. The quantitative estimate of drug-likeness (QED) is 0.860. The van der Waals surface area contributed by atoms with Crippen LogP contribution in [-0.4, -0.2) is 31.4 Å². The van der Waals surface area contributed by atoms with Gasteiger partial charge in [-0.05, 0) is 38.6 Å². The van der Waals surface area contributed by atoms with Gasteiger partial charge in [0.2, 0.25) is 11.8 Å². The Morgan fingerprint density at radius 3 is 2.84 bits per heavy atom. The summed E-state index contributed by atoms with van der Waals surface area (Å²) < 4.78 is 0. The maximum absolute atomic E-state index is 11.8. The van der Waals surface area contributed by atoms with Crippen LogP contribution >= 0.6 is 0 Å². The Hall–Kier alpha value is -1.88. The van der Waals surface area contributed by atoms with Crippen molar-refractivity contribution in [3.05, 3.63) is 24.3 Å². The number of nitrogens with one attached hydrogen (secondary N) is 2. The van der Waals surface area contributed by atoms with Gasteiger partial charge in [-0.2, -0.15) is 0 Å². The average molecular weight is 261 g/mol. The SMILES string of the molecule is CNC(C)C(=O)Nc1cccc(N2CCCC2=O)c1. The molecule has 1 fully saturated rings. The van der Waals surface area contributed by atoms with Gasteiger partial charge < -0.3 is 15.5 Å². The van der Waals surface area contributed by atoms with Gasteiger partial charge in [0.25, 0.3) is 0 Å². The van der Waals surface area contributed by atoms with E-state index in [0.29, 0.717) is 12.1 Å². The van der Waals surface area contributed by atoms with Crippen molar-refractivity contribution >= 4 is 23.2 Å². The zero-order chi connectivity index (χ0) is 13.8. The number of benzene rings is 1. The molecular weight excluding hydrogens is 242 g/mol. The molecule has 5 nitrogen and oxygen atoms in total. The van der Waals surface area contributed by atoms with Crippen LogP contribution in [0.25, 0.3) is 0 Å². The average Bonchev–Trinajstić information content (AvgIpc) is 2.84. The number of carbonyl (C=O) groups excluding carboxylic acids is 2. The van der Waals surface area contributed by atoms with Crippen molar-refractivity contribution in [2.45, 2.75) is 25.8 Å². The van der Waals surface area contributed by atoms with Crippen LogP contribution in [0.5, 0.6) is 0 Å². The van der Waals surface area contributed by atoms with Crippen LogP contribution in [0.3, 0.4) is 0 Å². The number of hydrogen-bond donors (Lipinski definition) is 2. The van der Waals surface area contributed by atoms with Crippen LogP contribution in [0.2, 0.25) is 0 Å². The van der Waals surface area contributed by atoms with Crippen molar-refractivity contribution in [1.29, 1.82) is 0 Å². The Bertz CT molecular complexity index is 487. The molecule has 2 rings (SSSR count). The van der Waals surface area contributed by atoms with Gasteiger partial charge in [-0.1, -0.05) is 6.07 Å². The van der Waals surface area contributed by atoms with E-state index in [0.717, 1.165) is 18.7 Å². The van der Waals surface area contributed by atoms with Gasteiger partial charge in [0.1, 0.15) is 0 Å². The Morgan fingerprint density at radius 2 is 2.21 bits per heavy atom. The first-order valence-corrected chi connectivity index (χ1v) is 6.50. The molecule has 1 heterocycles. The predicted molar refractivity (Wildman–Crippen MR) is 75.2 cm³/mol. The second kappa shape index (κ2) is 5.84. The molecule has 0 radical (unpaired) electrons. The highest BCUT2D eigenvalue weighted by molar-refractivity contribution is 5.98. The predicted octanol–water partition coefficient (Wildman–Crippen LogP) is 1.36. The standard InChI is InChI=1S/C14H19N3O2/c1-10(15-2)14(19)16-11-5-3-6-12(9-11)17-8-4-7-13(17)18/h3,5-6,9-10,15H,4,7-8H2,1-2H3,(H,16,19). The van der Waals surface area contributed by atoms with Gasteiger partial charge in [-0.15, -0.1) is 0 Å². The van der Waals surface area contributed by atoms with E-state index in [1.54, 1.807) is 18.9 Å². The van der Waals surface area contributed by atoms with Crippen molar-refractivity contribution in [3.8, 4) is 0 Å². The maximum atomic E-state index is 11.8. The highest BCUT2D eigenvalue weighted by Gasteiger charge is 2.21. The molecule has 2 amide bonds. The van der Waals surface area contributed by atoms with Crippen LogP contribution in [0.15, 0.2) is 24.3 Å². The van der Waals surface area contributed by atoms with Gasteiger partial charge in [-0.3, -0.25) is 9.59 Å². The van der Waals surface area contributed by atoms with Crippen LogP contribution in [0.4, 0.5) is 11.4 Å². The first kappa shape index (κ1) is 13.5. The van der Waals surface area contributed by atoms with E-state index >= 15 is 0 Å². The fourth-order valence-electron chi connectivity index (χ4n) is 2.05. The lowest BCUT2D eigenvalue weighted by Gasteiger charge is -2.17. The summed E-state index contributed by atoms with van der Waals surface area (Å²) in [5, 5.41) is 5.72. The number of hydrogen-bond acceptors (Lipinski definition) is 3. The summed E-state index contributed by atoms with van der Waals surface area (Å²) in [4.78, 5) is 25.2. The Morgan fingerprint density at radius 1 is 1.42 bits per heavy atom. The fraction of sp³-hybridized carbons (Fsp3) is 0.429. The van der Waals surface area contributed by atoms with E-state index in [4.69, 9.17) is 0 Å². The summed E-state index contributed by atoms with van der Waals surface area (Å²) in [7, 11) is 1.74. The van der Waals surface area contributed by atoms with Crippen molar-refractivity contribution in [2.24, 2.45) is 0 Å². The number of amides is 2. The summed E-state index contributed by atoms with van der Waals surface area (Å²) in [6.45, 7) is 2.55. The lowest BCUT2D eigenvalue weighted by Crippen LogP contribution is -2.35. The molecule has 0 saturated carbocycles. The van der Waals surface area contributed by atoms with Crippen LogP contribution < -0.4 is 15.5 Å². The lowest BCUT2D eigenvalue weighted by molar-refractivity contribution is -0.118. The molecular formula is C14H19N3O2. The monoisotopic (exact) mass is 261 g/mol. The Labute approximate surface area is 113 Å². The highest BCUT2D eigenvalue weighted by Crippen LogP contribution is 2.24. The van der Waals surface area contributed by atoms with Crippen LogP contribution in [0, 0.1) is 0 Å². The van der Waals surface area contributed by atoms with Crippen molar-refractivity contribution in [3.63, 3.8) is 0 Å². The Balaban J connectivity index is 2.11. The molecule has 0 aliphatic carbocycles. The number of anilines is 2. The van der Waals surface area contributed by atoms with Crippen LogP contribution in [0.1, 0.15) is 19.8 Å². The largest absolute Gasteiger partial charge is 0.325 e. The zero-order valence-corrected chi connectivity index (χ0v) is 11.3. The third kappa shape index (κ3) is 3.12. The van der Waals surface area contributed by atoms with E-state index in [1.165, 1.54) is 0 Å². The molecule has 5 heteroatoms. The van der Waals surface area contributed by atoms with Gasteiger partial charge in [0.15, 0.2) is 0 Å². The highest BCUT2D eigenvalue weighted by atomic mass is 16.2. The molecule has 0 aromatic heterocycles. The van der Waals surface area contributed by atoms with Gasteiger partial charge in [0, 0.05) is 24.3 Å². The number of nitrogens with zero attached hydrogens (tertiary/aromatic N) is 1. The van der Waals surface area contributed by atoms with Gasteiger partial charge >= 0.3 is 0 Å². The van der Waals surface area contributed by atoms with Crippen molar-refractivity contribution < 1.29 is 9.59 Å². The van der Waals surface area contributed by atoms with E-state index in [-0.39, 0.29) is 17.9 Å². The smallest absolute Gasteiger partial charge is 0.241 e. The van der Waals surface area contributed by atoms with E-state index in [2.05, 4.69) is 10.6 Å². The summed E-state index contributed by atoms with van der Waals surface area (Å²) in [6, 6.07) is 7.14. The van der Waals surface area contributed by atoms with Gasteiger partial charge in [0.05, 0.1) is 6.04 Å². The topological polar surface area (TPSA) is 61.4 Å². The minimum absolute atomic E-state index is 0.0904. The minimum Gasteiger partial charge on any atom is -0.325 e. The molecule has 19 heavy (non-hydrogen) atoms. The van der Waals surface area contributed by atoms with E-state index in [1.807, 2.05) is 24.3 Å². The zero-order valence-electron chi connectivity index (χ0n) is 11.3. The molecule has 1 saturated heterocycles. The second-order valence-electron chi connectivity index (χ2n) is 4.70. The van der Waals surface area contributed by atoms with Crippen molar-refractivity contribution in [1.82, 2.24) is 5.32 Å². The summed E-state index contributed by atoms with van der Waals surface area (Å²) in [6.07, 6.45) is 1.50. The molecule has 0 bridgehead atoms. The number of likely N-dealkylation sites (N-methyl/N-ethyl adjacent to an activating group) is 1. The summed E-state index contributed by atoms with van der Waals surface area (Å²) in [5.41, 5.74) is 1.56. The Kier molecular flexibility index (Phi) is 4.16. The first-order valence-electron chi connectivity index (χ1n) is 6.50. The molecule has 102 valence electrons.